The molecule has 15 heteroatoms. The van der Waals surface area contributed by atoms with Gasteiger partial charge in [-0.3, -0.25) is 9.59 Å². The van der Waals surface area contributed by atoms with Crippen LogP contribution in [0.2, 0.25) is 5.02 Å². The van der Waals surface area contributed by atoms with Crippen molar-refractivity contribution in [3.8, 4) is 0 Å². The Morgan fingerprint density at radius 2 is 1.59 bits per heavy atom. The van der Waals surface area contributed by atoms with Gasteiger partial charge in [0.05, 0.1) is 5.56 Å². The van der Waals surface area contributed by atoms with Gasteiger partial charge in [0.25, 0.3) is 0 Å². The van der Waals surface area contributed by atoms with Crippen LogP contribution in [0.15, 0.2) is 46.9 Å². The molecule has 0 saturated carbocycles. The van der Waals surface area contributed by atoms with E-state index in [-0.39, 0.29) is 26.5 Å². The fraction of sp³-hybridized carbons (Fsp3) is 0.333. The van der Waals surface area contributed by atoms with Crippen LogP contribution in [-0.2, 0) is 11.0 Å². The fourth-order valence-electron chi connectivity index (χ4n) is 3.45. The summed E-state index contributed by atoms with van der Waals surface area (Å²) >= 11 is 8.72. The molecule has 0 aliphatic heterocycles. The van der Waals surface area contributed by atoms with E-state index >= 15 is 0 Å². The van der Waals surface area contributed by atoms with Gasteiger partial charge in [0, 0.05) is 40.5 Å². The number of carbonyl (C=O) groups is 2. The molecule has 2 aromatic rings. The zero-order valence-corrected chi connectivity index (χ0v) is 21.9. The van der Waals surface area contributed by atoms with Gasteiger partial charge in [-0.05, 0) is 35.9 Å². The van der Waals surface area contributed by atoms with Crippen molar-refractivity contribution in [2.45, 2.75) is 37.3 Å². The van der Waals surface area contributed by atoms with Crippen molar-refractivity contribution in [3.63, 3.8) is 0 Å². The molecule has 214 valence electrons. The van der Waals surface area contributed by atoms with E-state index in [1.807, 2.05) is 0 Å². The Labute approximate surface area is 228 Å². The summed E-state index contributed by atoms with van der Waals surface area (Å²) in [6.07, 6.45) is -16.7. The van der Waals surface area contributed by atoms with E-state index < -0.39 is 83.6 Å². The van der Waals surface area contributed by atoms with Crippen molar-refractivity contribution >= 4 is 45.0 Å². The SMILES string of the molecule is CN(CC(F)(F)F)C(=O)CCC(=O)c1ccc(/C(F)=C/C(c2cc(Cl)cc(Br)c2)C(F)(F)F)cc1C(F)(F)F. The lowest BCUT2D eigenvalue weighted by Gasteiger charge is -2.19. The predicted molar refractivity (Wildman–Crippen MR) is 126 cm³/mol. The van der Waals surface area contributed by atoms with Crippen molar-refractivity contribution in [3.05, 3.63) is 74.2 Å². The normalized spacial score (nSPS) is 13.8. The minimum Gasteiger partial charge on any atom is -0.337 e. The Bertz CT molecular complexity index is 1230. The molecule has 0 radical (unpaired) electrons. The average Bonchev–Trinajstić information content (AvgIpc) is 2.77. The third-order valence-electron chi connectivity index (χ3n) is 5.22. The van der Waals surface area contributed by atoms with Crippen LogP contribution < -0.4 is 0 Å². The standard InChI is InChI=1S/C24H17BrClF10NO2/c1-37(11-22(28,29)30)21(39)5-4-20(38)16-3-2-12(8-18(16)24(34,35)36)19(27)10-17(23(31,32)33)13-6-14(25)9-15(26)7-13/h2-3,6-10,17H,4-5,11H2,1H3/b19-10-. The molecule has 0 aliphatic carbocycles. The number of amides is 1. The van der Waals surface area contributed by atoms with Crippen LogP contribution in [0, 0.1) is 0 Å². The highest BCUT2D eigenvalue weighted by Crippen LogP contribution is 2.41. The van der Waals surface area contributed by atoms with Gasteiger partial charge in [0.2, 0.25) is 5.91 Å². The summed E-state index contributed by atoms with van der Waals surface area (Å²) in [4.78, 5) is 24.5. The topological polar surface area (TPSA) is 37.4 Å². The number of nitrogens with zero attached hydrogens (tertiary/aromatic N) is 1. The Hall–Kier alpha value is -2.61. The number of alkyl halides is 9. The molecule has 0 heterocycles. The highest BCUT2D eigenvalue weighted by Gasteiger charge is 2.41. The molecule has 1 unspecified atom stereocenters. The molecule has 0 saturated heterocycles. The molecule has 2 aromatic carbocycles. The van der Waals surface area contributed by atoms with Gasteiger partial charge in [0.15, 0.2) is 5.78 Å². The van der Waals surface area contributed by atoms with Crippen molar-refractivity contribution in [2.75, 3.05) is 13.6 Å². The maximum Gasteiger partial charge on any atom is 0.417 e. The van der Waals surface area contributed by atoms with Gasteiger partial charge >= 0.3 is 18.5 Å². The maximum atomic E-state index is 14.9. The van der Waals surface area contributed by atoms with Gasteiger partial charge in [-0.15, -0.1) is 0 Å². The van der Waals surface area contributed by atoms with E-state index in [1.165, 1.54) is 6.07 Å². The second kappa shape index (κ2) is 12.3. The van der Waals surface area contributed by atoms with E-state index in [4.69, 9.17) is 11.6 Å². The molecule has 0 N–H and O–H groups in total. The Morgan fingerprint density at radius 1 is 0.974 bits per heavy atom. The van der Waals surface area contributed by atoms with Gasteiger partial charge < -0.3 is 4.90 Å². The molecule has 1 atom stereocenters. The zero-order valence-electron chi connectivity index (χ0n) is 19.5. The number of benzene rings is 2. The van der Waals surface area contributed by atoms with Gasteiger partial charge in [-0.2, -0.15) is 39.5 Å². The van der Waals surface area contributed by atoms with E-state index in [2.05, 4.69) is 15.9 Å². The summed E-state index contributed by atoms with van der Waals surface area (Å²) in [5.41, 5.74) is -4.15. The number of ketones is 1. The van der Waals surface area contributed by atoms with Crippen LogP contribution in [0.5, 0.6) is 0 Å². The fourth-order valence-corrected chi connectivity index (χ4v) is 4.34. The van der Waals surface area contributed by atoms with Gasteiger partial charge in [-0.25, -0.2) is 4.39 Å². The van der Waals surface area contributed by atoms with E-state index in [9.17, 15) is 53.5 Å². The van der Waals surface area contributed by atoms with Crippen molar-refractivity contribution in [1.82, 2.24) is 4.90 Å². The number of hydrogen-bond donors (Lipinski definition) is 0. The molecular weight excluding hydrogens is 640 g/mol. The smallest absolute Gasteiger partial charge is 0.337 e. The van der Waals surface area contributed by atoms with Crippen molar-refractivity contribution in [1.29, 1.82) is 0 Å². The van der Waals surface area contributed by atoms with E-state index in [1.54, 1.807) is 0 Å². The van der Waals surface area contributed by atoms with Crippen molar-refractivity contribution < 1.29 is 53.5 Å². The Morgan fingerprint density at radius 3 is 2.10 bits per heavy atom. The van der Waals surface area contributed by atoms with Crippen LogP contribution >= 0.6 is 27.5 Å². The highest BCUT2D eigenvalue weighted by molar-refractivity contribution is 9.10. The van der Waals surface area contributed by atoms with Crippen LogP contribution in [0.1, 0.15) is 45.8 Å². The maximum absolute atomic E-state index is 14.9. The molecular formula is C24H17BrClF10NO2. The summed E-state index contributed by atoms with van der Waals surface area (Å²) < 4.78 is 134. The highest BCUT2D eigenvalue weighted by atomic mass is 79.9. The first-order chi connectivity index (χ1) is 17.7. The Balaban J connectivity index is 2.40. The molecule has 0 spiro atoms. The molecule has 1 amide bonds. The number of Topliss-reactive ketones (excluding diaryl/α,β-unsaturated/α-hetero) is 1. The second-order valence-electron chi connectivity index (χ2n) is 8.28. The number of rotatable bonds is 8. The first kappa shape index (κ1) is 32.6. The molecule has 3 nitrogen and oxygen atoms in total. The van der Waals surface area contributed by atoms with E-state index in [0.717, 1.165) is 19.2 Å². The van der Waals surface area contributed by atoms with Crippen LogP contribution in [0.4, 0.5) is 43.9 Å². The zero-order chi connectivity index (χ0) is 29.9. The van der Waals surface area contributed by atoms with Crippen LogP contribution in [0.3, 0.4) is 0 Å². The lowest BCUT2D eigenvalue weighted by Crippen LogP contribution is -2.35. The second-order valence-corrected chi connectivity index (χ2v) is 9.64. The number of hydrogen-bond acceptors (Lipinski definition) is 2. The van der Waals surface area contributed by atoms with Crippen LogP contribution in [-0.4, -0.2) is 42.5 Å². The monoisotopic (exact) mass is 655 g/mol. The Kier molecular flexibility index (Phi) is 10.3. The number of allylic oxidation sites excluding steroid dienone is 1. The summed E-state index contributed by atoms with van der Waals surface area (Å²) in [5, 5.41) is -0.118. The first-order valence-electron chi connectivity index (χ1n) is 10.6. The van der Waals surface area contributed by atoms with Gasteiger partial charge in [-0.1, -0.05) is 39.7 Å². The molecule has 39 heavy (non-hydrogen) atoms. The van der Waals surface area contributed by atoms with E-state index in [0.29, 0.717) is 12.1 Å². The minimum atomic E-state index is -5.26. The summed E-state index contributed by atoms with van der Waals surface area (Å²) in [7, 11) is 0.793. The van der Waals surface area contributed by atoms with Gasteiger partial charge in [0.1, 0.15) is 18.3 Å². The molecule has 0 fully saturated rings. The number of carbonyl (C=O) groups excluding carboxylic acids is 2. The minimum absolute atomic E-state index is 0.0598. The van der Waals surface area contributed by atoms with Crippen molar-refractivity contribution in [2.24, 2.45) is 0 Å². The number of halogens is 12. The summed E-state index contributed by atoms with van der Waals surface area (Å²) in [5.74, 6) is -6.72. The largest absolute Gasteiger partial charge is 0.417 e. The molecule has 0 bridgehead atoms. The molecule has 0 aromatic heterocycles. The first-order valence-corrected chi connectivity index (χ1v) is 11.8. The third kappa shape index (κ3) is 9.52. The predicted octanol–water partition coefficient (Wildman–Crippen LogP) is 8.76. The summed E-state index contributed by atoms with van der Waals surface area (Å²) in [6, 6.07) is 4.49. The quantitative estimate of drug-likeness (QED) is 0.211. The van der Waals surface area contributed by atoms with Crippen LogP contribution in [0.25, 0.3) is 5.83 Å². The third-order valence-corrected chi connectivity index (χ3v) is 5.89. The lowest BCUT2D eigenvalue weighted by molar-refractivity contribution is -0.158. The molecule has 2 rings (SSSR count). The summed E-state index contributed by atoms with van der Waals surface area (Å²) in [6.45, 7) is -1.64. The molecule has 0 aliphatic rings. The lowest BCUT2D eigenvalue weighted by atomic mass is 9.94. The average molecular weight is 657 g/mol.